The van der Waals surface area contributed by atoms with E-state index in [0.717, 1.165) is 29.7 Å². The molecule has 1 aliphatic heterocycles. The fourth-order valence-electron chi connectivity index (χ4n) is 3.34. The summed E-state index contributed by atoms with van der Waals surface area (Å²) in [6.07, 6.45) is 6.40. The minimum Gasteiger partial charge on any atom is -0.338 e. The van der Waals surface area contributed by atoms with E-state index in [4.69, 9.17) is 28.2 Å². The fourth-order valence-corrected chi connectivity index (χ4v) is 3.87. The lowest BCUT2D eigenvalue weighted by atomic mass is 10.0. The van der Waals surface area contributed by atoms with E-state index in [1.807, 2.05) is 24.3 Å². The summed E-state index contributed by atoms with van der Waals surface area (Å²) in [5.74, 6) is 0.634. The molecule has 3 heterocycles. The number of hydrogen-bond donors (Lipinski definition) is 0. The molecule has 7 heteroatoms. The van der Waals surface area contributed by atoms with Gasteiger partial charge in [0.2, 0.25) is 5.95 Å². The smallest absolute Gasteiger partial charge is 0.255 e. The molecule has 0 amide bonds. The highest BCUT2D eigenvalue weighted by Gasteiger charge is 2.20. The Labute approximate surface area is 172 Å². The fraction of sp³-hybridized carbons (Fsp3) is 0.190. The molecule has 1 aromatic carbocycles. The van der Waals surface area contributed by atoms with Crippen molar-refractivity contribution in [3.8, 4) is 11.3 Å². The third-order valence-corrected chi connectivity index (χ3v) is 5.35. The highest BCUT2D eigenvalue weighted by Crippen LogP contribution is 2.31. The Bertz CT molecular complexity index is 1110. The number of aromatic nitrogens is 3. The van der Waals surface area contributed by atoms with Crippen molar-refractivity contribution in [3.05, 3.63) is 80.8 Å². The maximum absolute atomic E-state index is 12.6. The van der Waals surface area contributed by atoms with Gasteiger partial charge in [-0.1, -0.05) is 35.3 Å². The van der Waals surface area contributed by atoms with Crippen LogP contribution in [0, 0.1) is 0 Å². The quantitative estimate of drug-likeness (QED) is 0.637. The van der Waals surface area contributed by atoms with Gasteiger partial charge in [-0.15, -0.1) is 0 Å². The van der Waals surface area contributed by atoms with Crippen LogP contribution in [0.2, 0.25) is 10.0 Å². The van der Waals surface area contributed by atoms with Gasteiger partial charge in [0.1, 0.15) is 0 Å². The van der Waals surface area contributed by atoms with E-state index in [1.54, 1.807) is 36.1 Å². The molecule has 0 bridgehead atoms. The number of nitrogens with zero attached hydrogens (tertiary/aromatic N) is 4. The molecule has 0 aliphatic carbocycles. The SMILES string of the molecule is Cn1c(N2CCC=C(c3ccc(Cl)cc3Cl)C2)nc(-c2ccncc2)cc1=O. The molecule has 0 N–H and O–H groups in total. The molecule has 0 radical (unpaired) electrons. The number of halogens is 2. The second kappa shape index (κ2) is 7.78. The maximum Gasteiger partial charge on any atom is 0.255 e. The van der Waals surface area contributed by atoms with Crippen LogP contribution >= 0.6 is 23.2 Å². The van der Waals surface area contributed by atoms with Crippen LogP contribution in [0.15, 0.2) is 59.7 Å². The van der Waals surface area contributed by atoms with Crippen LogP contribution in [-0.4, -0.2) is 27.6 Å². The molecule has 0 spiro atoms. The van der Waals surface area contributed by atoms with Crippen molar-refractivity contribution in [2.45, 2.75) is 6.42 Å². The molecular weight excluding hydrogens is 395 g/mol. The average molecular weight is 413 g/mol. The largest absolute Gasteiger partial charge is 0.338 e. The van der Waals surface area contributed by atoms with Crippen LogP contribution in [0.25, 0.3) is 16.8 Å². The summed E-state index contributed by atoms with van der Waals surface area (Å²) >= 11 is 12.4. The summed E-state index contributed by atoms with van der Waals surface area (Å²) in [6.45, 7) is 1.39. The molecule has 0 unspecified atom stereocenters. The van der Waals surface area contributed by atoms with Crippen molar-refractivity contribution in [3.63, 3.8) is 0 Å². The van der Waals surface area contributed by atoms with E-state index in [9.17, 15) is 4.79 Å². The summed E-state index contributed by atoms with van der Waals surface area (Å²) < 4.78 is 1.58. The first-order valence-corrected chi connectivity index (χ1v) is 9.66. The second-order valence-corrected chi connectivity index (χ2v) is 7.48. The molecule has 142 valence electrons. The Kier molecular flexibility index (Phi) is 5.20. The van der Waals surface area contributed by atoms with Gasteiger partial charge in [-0.2, -0.15) is 0 Å². The average Bonchev–Trinajstić information content (AvgIpc) is 2.70. The summed E-state index contributed by atoms with van der Waals surface area (Å²) in [4.78, 5) is 23.5. The summed E-state index contributed by atoms with van der Waals surface area (Å²) in [5, 5.41) is 1.23. The lowest BCUT2D eigenvalue weighted by molar-refractivity contribution is 0.727. The van der Waals surface area contributed by atoms with Crippen LogP contribution in [0.5, 0.6) is 0 Å². The summed E-state index contributed by atoms with van der Waals surface area (Å²) in [7, 11) is 1.74. The topological polar surface area (TPSA) is 51.0 Å². The molecule has 0 atom stereocenters. The van der Waals surface area contributed by atoms with Crippen molar-refractivity contribution >= 4 is 34.7 Å². The Balaban J connectivity index is 1.71. The van der Waals surface area contributed by atoms with E-state index in [0.29, 0.717) is 28.2 Å². The van der Waals surface area contributed by atoms with Crippen LogP contribution < -0.4 is 10.5 Å². The van der Waals surface area contributed by atoms with Crippen LogP contribution in [0.1, 0.15) is 12.0 Å². The van der Waals surface area contributed by atoms with Crippen molar-refractivity contribution < 1.29 is 0 Å². The minimum absolute atomic E-state index is 0.0996. The van der Waals surface area contributed by atoms with Crippen molar-refractivity contribution in [1.82, 2.24) is 14.5 Å². The van der Waals surface area contributed by atoms with Gasteiger partial charge in [-0.05, 0) is 41.8 Å². The number of pyridine rings is 1. The van der Waals surface area contributed by atoms with Gasteiger partial charge in [0.05, 0.1) is 5.69 Å². The predicted molar refractivity (Wildman–Crippen MR) is 114 cm³/mol. The van der Waals surface area contributed by atoms with E-state index in [1.165, 1.54) is 0 Å². The van der Waals surface area contributed by atoms with Gasteiger partial charge in [0, 0.05) is 54.2 Å². The number of benzene rings is 1. The maximum atomic E-state index is 12.6. The van der Waals surface area contributed by atoms with E-state index in [2.05, 4.69) is 16.0 Å². The second-order valence-electron chi connectivity index (χ2n) is 6.64. The molecule has 28 heavy (non-hydrogen) atoms. The Morgan fingerprint density at radius 2 is 1.86 bits per heavy atom. The highest BCUT2D eigenvalue weighted by molar-refractivity contribution is 6.35. The van der Waals surface area contributed by atoms with Crippen LogP contribution in [-0.2, 0) is 7.05 Å². The summed E-state index contributed by atoms with van der Waals surface area (Å²) in [6, 6.07) is 10.8. The molecule has 5 nitrogen and oxygen atoms in total. The van der Waals surface area contributed by atoms with E-state index < -0.39 is 0 Å². The van der Waals surface area contributed by atoms with E-state index >= 15 is 0 Å². The van der Waals surface area contributed by atoms with Gasteiger partial charge < -0.3 is 4.90 Å². The summed E-state index contributed by atoms with van der Waals surface area (Å²) in [5.41, 5.74) is 3.45. The van der Waals surface area contributed by atoms with Gasteiger partial charge in [-0.25, -0.2) is 4.98 Å². The lowest BCUT2D eigenvalue weighted by Gasteiger charge is -2.30. The first kappa shape index (κ1) is 18.7. The zero-order chi connectivity index (χ0) is 19.7. The molecule has 4 rings (SSSR count). The minimum atomic E-state index is -0.0996. The number of hydrogen-bond acceptors (Lipinski definition) is 4. The number of anilines is 1. The highest BCUT2D eigenvalue weighted by atomic mass is 35.5. The standard InChI is InChI=1S/C21H18Cl2N4O/c1-26-20(28)12-19(14-6-8-24-9-7-14)25-21(26)27-10-2-3-15(13-27)17-5-4-16(22)11-18(17)23/h3-9,11-12H,2,10,13H2,1H3. The van der Waals surface area contributed by atoms with Crippen molar-refractivity contribution in [2.75, 3.05) is 18.0 Å². The zero-order valence-electron chi connectivity index (χ0n) is 15.3. The van der Waals surface area contributed by atoms with Gasteiger partial charge >= 0.3 is 0 Å². The first-order chi connectivity index (χ1) is 13.5. The molecule has 3 aromatic rings. The number of rotatable bonds is 3. The Morgan fingerprint density at radius 1 is 1.07 bits per heavy atom. The molecule has 0 fully saturated rings. The molecule has 0 saturated carbocycles. The first-order valence-electron chi connectivity index (χ1n) is 8.91. The van der Waals surface area contributed by atoms with Gasteiger partial charge in [0.25, 0.3) is 5.56 Å². The monoisotopic (exact) mass is 412 g/mol. The predicted octanol–water partition coefficient (Wildman–Crippen LogP) is 4.44. The molecule has 0 saturated heterocycles. The molecular formula is C21H18Cl2N4O. The Morgan fingerprint density at radius 3 is 2.61 bits per heavy atom. The normalized spacial score (nSPS) is 14.1. The Hall–Kier alpha value is -2.63. The van der Waals surface area contributed by atoms with Crippen LogP contribution in [0.4, 0.5) is 5.95 Å². The zero-order valence-corrected chi connectivity index (χ0v) is 16.8. The van der Waals surface area contributed by atoms with E-state index in [-0.39, 0.29) is 5.56 Å². The van der Waals surface area contributed by atoms with Crippen molar-refractivity contribution in [1.29, 1.82) is 0 Å². The third-order valence-electron chi connectivity index (χ3n) is 4.80. The van der Waals surface area contributed by atoms with Gasteiger partial charge in [-0.3, -0.25) is 14.3 Å². The molecule has 2 aromatic heterocycles. The third kappa shape index (κ3) is 3.68. The van der Waals surface area contributed by atoms with Gasteiger partial charge in [0.15, 0.2) is 0 Å². The molecule has 1 aliphatic rings. The van der Waals surface area contributed by atoms with Crippen molar-refractivity contribution in [2.24, 2.45) is 7.05 Å². The lowest BCUT2D eigenvalue weighted by Crippen LogP contribution is -2.35. The van der Waals surface area contributed by atoms with Crippen LogP contribution in [0.3, 0.4) is 0 Å².